The van der Waals surface area contributed by atoms with E-state index in [1.165, 1.54) is 18.3 Å². The zero-order valence-electron chi connectivity index (χ0n) is 13.4. The van der Waals surface area contributed by atoms with Crippen molar-refractivity contribution in [1.29, 1.82) is 0 Å². The summed E-state index contributed by atoms with van der Waals surface area (Å²) in [4.78, 5) is 19.0. The maximum Gasteiger partial charge on any atom is 0.409 e. The number of anilines is 1. The maximum absolute atomic E-state index is 13.8. The van der Waals surface area contributed by atoms with Crippen LogP contribution in [0.1, 0.15) is 5.56 Å². The monoisotopic (exact) mass is 343 g/mol. The fourth-order valence-electron chi connectivity index (χ4n) is 2.18. The van der Waals surface area contributed by atoms with Gasteiger partial charge in [-0.2, -0.15) is 10.1 Å². The van der Waals surface area contributed by atoms with E-state index in [1.54, 1.807) is 37.1 Å². The van der Waals surface area contributed by atoms with Crippen molar-refractivity contribution in [1.82, 2.24) is 19.7 Å². The molecule has 2 heterocycles. The number of carbonyl (C=O) groups is 1. The summed E-state index contributed by atoms with van der Waals surface area (Å²) < 4.78 is 21.0. The van der Waals surface area contributed by atoms with Crippen LogP contribution in [0.3, 0.4) is 0 Å². The summed E-state index contributed by atoms with van der Waals surface area (Å²) in [6.45, 7) is 1.63. The molecule has 0 unspecified atom stereocenters. The van der Waals surface area contributed by atoms with Gasteiger partial charge in [-0.15, -0.1) is 0 Å². The van der Waals surface area contributed by atoms with Crippen LogP contribution in [0.25, 0.3) is 11.3 Å². The molecular weight excluding hydrogens is 329 g/mol. The number of nitrogens with zero attached hydrogens (tertiary/aromatic N) is 4. The van der Waals surface area contributed by atoms with Crippen LogP contribution in [-0.2, 0) is 7.05 Å². The molecule has 0 aliphatic carbocycles. The fraction of sp³-hybridized carbons (Fsp3) is 0.125. The third-order valence-electron chi connectivity index (χ3n) is 3.34. The molecule has 0 spiro atoms. The molecule has 9 heteroatoms. The van der Waals surface area contributed by atoms with Crippen molar-refractivity contribution in [3.05, 3.63) is 48.2 Å². The van der Waals surface area contributed by atoms with Crippen LogP contribution < -0.4 is 10.1 Å². The average Bonchev–Trinajstić information content (AvgIpc) is 2.98. The minimum Gasteiger partial charge on any atom is -0.465 e. The Morgan fingerprint density at radius 2 is 2.20 bits per heavy atom. The first-order valence-corrected chi connectivity index (χ1v) is 7.22. The molecule has 0 fully saturated rings. The van der Waals surface area contributed by atoms with Gasteiger partial charge < -0.3 is 9.84 Å². The van der Waals surface area contributed by atoms with Crippen molar-refractivity contribution in [2.24, 2.45) is 7.05 Å². The number of rotatable bonds is 4. The van der Waals surface area contributed by atoms with Crippen LogP contribution in [0.4, 0.5) is 14.9 Å². The first kappa shape index (κ1) is 16.4. The van der Waals surface area contributed by atoms with Crippen molar-refractivity contribution in [2.75, 3.05) is 5.32 Å². The predicted octanol–water partition coefficient (Wildman–Crippen LogP) is 3.21. The molecule has 0 saturated heterocycles. The number of hydrogen-bond donors (Lipinski definition) is 2. The minimum atomic E-state index is -1.37. The zero-order chi connectivity index (χ0) is 18.0. The van der Waals surface area contributed by atoms with Gasteiger partial charge in [-0.05, 0) is 24.6 Å². The summed E-state index contributed by atoms with van der Waals surface area (Å²) in [6, 6.07) is 4.18. The standard InChI is InChI=1S/C16H14FN5O3/c1-9-5-11(17)13(21-16(23)24)6-14(9)25-15-18-4-3-12(20-15)10-7-19-22(2)8-10/h3-8,21H,1-2H3,(H,23,24). The highest BCUT2D eigenvalue weighted by Gasteiger charge is 2.13. The van der Waals surface area contributed by atoms with E-state index >= 15 is 0 Å². The van der Waals surface area contributed by atoms with Gasteiger partial charge in [-0.3, -0.25) is 10.00 Å². The predicted molar refractivity (Wildman–Crippen MR) is 87.1 cm³/mol. The van der Waals surface area contributed by atoms with Crippen LogP contribution in [0, 0.1) is 12.7 Å². The Bertz CT molecular complexity index is 941. The van der Waals surface area contributed by atoms with E-state index in [9.17, 15) is 9.18 Å². The molecule has 0 aliphatic heterocycles. The van der Waals surface area contributed by atoms with E-state index < -0.39 is 11.9 Å². The number of aryl methyl sites for hydroxylation is 2. The maximum atomic E-state index is 13.8. The Morgan fingerprint density at radius 1 is 1.40 bits per heavy atom. The molecule has 3 aromatic rings. The summed E-state index contributed by atoms with van der Waals surface area (Å²) >= 11 is 0. The van der Waals surface area contributed by atoms with Crippen molar-refractivity contribution in [3.8, 4) is 23.0 Å². The Kier molecular flexibility index (Phi) is 4.29. The largest absolute Gasteiger partial charge is 0.465 e. The van der Waals surface area contributed by atoms with E-state index in [-0.39, 0.29) is 17.4 Å². The molecule has 2 aromatic heterocycles. The van der Waals surface area contributed by atoms with Gasteiger partial charge in [0.25, 0.3) is 0 Å². The van der Waals surface area contributed by atoms with Gasteiger partial charge in [0.05, 0.1) is 17.6 Å². The third kappa shape index (κ3) is 3.71. The molecule has 0 radical (unpaired) electrons. The lowest BCUT2D eigenvalue weighted by Crippen LogP contribution is -2.09. The molecule has 1 aromatic carbocycles. The van der Waals surface area contributed by atoms with Crippen molar-refractivity contribution >= 4 is 11.8 Å². The van der Waals surface area contributed by atoms with Gasteiger partial charge in [0, 0.05) is 31.1 Å². The van der Waals surface area contributed by atoms with Crippen molar-refractivity contribution in [2.45, 2.75) is 6.92 Å². The zero-order valence-corrected chi connectivity index (χ0v) is 13.4. The summed E-state index contributed by atoms with van der Waals surface area (Å²) in [5, 5.41) is 14.8. The number of carboxylic acid groups (broad SMARTS) is 1. The third-order valence-corrected chi connectivity index (χ3v) is 3.34. The first-order valence-electron chi connectivity index (χ1n) is 7.22. The molecule has 1 amide bonds. The molecular formula is C16H14FN5O3. The average molecular weight is 343 g/mol. The number of benzene rings is 1. The number of amides is 1. The molecule has 2 N–H and O–H groups in total. The number of halogens is 1. The molecule has 0 atom stereocenters. The lowest BCUT2D eigenvalue weighted by Gasteiger charge is -2.10. The second-order valence-electron chi connectivity index (χ2n) is 5.26. The van der Waals surface area contributed by atoms with Gasteiger partial charge >= 0.3 is 12.1 Å². The highest BCUT2D eigenvalue weighted by Crippen LogP contribution is 2.29. The number of nitrogens with one attached hydrogen (secondary N) is 1. The van der Waals surface area contributed by atoms with Crippen LogP contribution in [0.15, 0.2) is 36.8 Å². The summed E-state index contributed by atoms with van der Waals surface area (Å²) in [6.07, 6.45) is 3.61. The van der Waals surface area contributed by atoms with Gasteiger partial charge in [0.1, 0.15) is 11.6 Å². The Morgan fingerprint density at radius 3 is 2.88 bits per heavy atom. The second kappa shape index (κ2) is 6.56. The highest BCUT2D eigenvalue weighted by atomic mass is 19.1. The molecule has 0 saturated carbocycles. The van der Waals surface area contributed by atoms with E-state index in [0.717, 1.165) is 5.56 Å². The number of aromatic nitrogens is 4. The van der Waals surface area contributed by atoms with E-state index in [0.29, 0.717) is 11.3 Å². The Labute approximate surface area is 141 Å². The normalized spacial score (nSPS) is 10.5. The summed E-state index contributed by atoms with van der Waals surface area (Å²) in [5.41, 5.74) is 1.67. The van der Waals surface area contributed by atoms with Crippen LogP contribution in [0.5, 0.6) is 11.8 Å². The van der Waals surface area contributed by atoms with Gasteiger partial charge in [-0.25, -0.2) is 14.2 Å². The van der Waals surface area contributed by atoms with E-state index in [1.807, 2.05) is 5.32 Å². The summed E-state index contributed by atoms with van der Waals surface area (Å²) in [7, 11) is 1.79. The fourth-order valence-corrected chi connectivity index (χ4v) is 2.18. The molecule has 0 aliphatic rings. The number of hydrogen-bond acceptors (Lipinski definition) is 5. The SMILES string of the molecule is Cc1cc(F)c(NC(=O)O)cc1Oc1nccc(-c2cnn(C)c2)n1. The Hall–Kier alpha value is -3.49. The first-order chi connectivity index (χ1) is 11.9. The van der Waals surface area contributed by atoms with E-state index in [2.05, 4.69) is 15.1 Å². The van der Waals surface area contributed by atoms with Gasteiger partial charge in [0.2, 0.25) is 0 Å². The lowest BCUT2D eigenvalue weighted by atomic mass is 10.2. The lowest BCUT2D eigenvalue weighted by molar-refractivity contribution is 0.209. The van der Waals surface area contributed by atoms with Crippen LogP contribution in [0.2, 0.25) is 0 Å². The Balaban J connectivity index is 1.91. The molecule has 128 valence electrons. The van der Waals surface area contributed by atoms with Crippen LogP contribution in [-0.4, -0.2) is 30.9 Å². The quantitative estimate of drug-likeness (QED) is 0.754. The molecule has 3 rings (SSSR count). The van der Waals surface area contributed by atoms with E-state index in [4.69, 9.17) is 9.84 Å². The molecule has 8 nitrogen and oxygen atoms in total. The van der Waals surface area contributed by atoms with Gasteiger partial charge in [0.15, 0.2) is 0 Å². The van der Waals surface area contributed by atoms with Crippen molar-refractivity contribution < 1.29 is 19.0 Å². The van der Waals surface area contributed by atoms with Crippen molar-refractivity contribution in [3.63, 3.8) is 0 Å². The molecule has 25 heavy (non-hydrogen) atoms. The second-order valence-corrected chi connectivity index (χ2v) is 5.26. The molecule has 0 bridgehead atoms. The van der Waals surface area contributed by atoms with Crippen LogP contribution >= 0.6 is 0 Å². The number of ether oxygens (including phenoxy) is 1. The summed E-state index contributed by atoms with van der Waals surface area (Å²) in [5.74, 6) is -0.453. The smallest absolute Gasteiger partial charge is 0.409 e. The van der Waals surface area contributed by atoms with Gasteiger partial charge in [-0.1, -0.05) is 0 Å². The topological polar surface area (TPSA) is 102 Å². The highest BCUT2D eigenvalue weighted by molar-refractivity contribution is 5.83. The minimum absolute atomic E-state index is 0.0531.